The molecular formula is C25H38O8. The van der Waals surface area contributed by atoms with Crippen LogP contribution >= 0.6 is 0 Å². The molecule has 0 amide bonds. The van der Waals surface area contributed by atoms with Crippen molar-refractivity contribution in [3.8, 4) is 0 Å². The van der Waals surface area contributed by atoms with Crippen molar-refractivity contribution in [3.63, 3.8) is 0 Å². The first kappa shape index (κ1) is 28.6. The quantitative estimate of drug-likeness (QED) is 0.152. The average molecular weight is 467 g/mol. The van der Waals surface area contributed by atoms with Crippen molar-refractivity contribution >= 4 is 23.7 Å². The molecule has 0 spiro atoms. The van der Waals surface area contributed by atoms with Gasteiger partial charge in [0, 0.05) is 12.3 Å². The molecule has 1 aliphatic carbocycles. The number of esters is 1. The van der Waals surface area contributed by atoms with Gasteiger partial charge in [0.05, 0.1) is 13.2 Å². The van der Waals surface area contributed by atoms with Crippen LogP contribution in [0.15, 0.2) is 24.3 Å². The van der Waals surface area contributed by atoms with E-state index < -0.39 is 46.5 Å². The second-order valence-electron chi connectivity index (χ2n) is 9.44. The fourth-order valence-corrected chi connectivity index (χ4v) is 4.25. The molecule has 8 heteroatoms. The molecule has 8 nitrogen and oxygen atoms in total. The summed E-state index contributed by atoms with van der Waals surface area (Å²) < 4.78 is 4.57. The molecule has 0 aromatic heterocycles. The molecule has 3 N–H and O–H groups in total. The van der Waals surface area contributed by atoms with Crippen LogP contribution in [-0.4, -0.2) is 52.2 Å². The third kappa shape index (κ3) is 7.25. The molecule has 186 valence electrons. The summed E-state index contributed by atoms with van der Waals surface area (Å²) in [6.07, 6.45) is 9.04. The van der Waals surface area contributed by atoms with Crippen LogP contribution in [0.3, 0.4) is 0 Å². The lowest BCUT2D eigenvalue weighted by molar-refractivity contribution is -0.156. The number of hydrogen-bond acceptors (Lipinski definition) is 6. The van der Waals surface area contributed by atoms with Crippen molar-refractivity contribution in [1.29, 1.82) is 0 Å². The molecule has 0 bridgehead atoms. The number of ether oxygens (including phenoxy) is 1. The van der Waals surface area contributed by atoms with E-state index in [0.717, 1.165) is 19.3 Å². The number of carbonyl (C=O) groups is 4. The second-order valence-corrected chi connectivity index (χ2v) is 9.44. The normalized spacial score (nSPS) is 24.5. The number of ketones is 1. The Morgan fingerprint density at radius 1 is 1.21 bits per heavy atom. The van der Waals surface area contributed by atoms with Crippen molar-refractivity contribution in [2.75, 3.05) is 7.11 Å². The summed E-state index contributed by atoms with van der Waals surface area (Å²) in [5.41, 5.74) is -2.35. The zero-order valence-corrected chi connectivity index (χ0v) is 20.1. The lowest BCUT2D eigenvalue weighted by Crippen LogP contribution is -2.42. The van der Waals surface area contributed by atoms with E-state index in [0.29, 0.717) is 12.8 Å². The van der Waals surface area contributed by atoms with Crippen LogP contribution < -0.4 is 0 Å². The number of unbranched alkanes of at least 4 members (excludes halogenated alkanes) is 2. The van der Waals surface area contributed by atoms with Crippen LogP contribution in [0.2, 0.25) is 0 Å². The predicted octanol–water partition coefficient (Wildman–Crippen LogP) is 3.77. The van der Waals surface area contributed by atoms with Crippen LogP contribution in [0.4, 0.5) is 0 Å². The van der Waals surface area contributed by atoms with Crippen molar-refractivity contribution in [1.82, 2.24) is 0 Å². The fourth-order valence-electron chi connectivity index (χ4n) is 4.25. The maximum atomic E-state index is 13.0. The van der Waals surface area contributed by atoms with Gasteiger partial charge >= 0.3 is 17.9 Å². The Balaban J connectivity index is 3.11. The molecule has 33 heavy (non-hydrogen) atoms. The molecule has 1 aliphatic rings. The zero-order valence-electron chi connectivity index (χ0n) is 20.1. The number of rotatable bonds is 14. The molecule has 0 aromatic rings. The number of carbonyl (C=O) groups excluding carboxylic acids is 2. The SMILES string of the molecule is CCCCC(C)(C)C(O)C=CC1C[C@@H](C(=O)O)C(=O)[C@]1(CC=CCCCC(=O)OC)C(=O)O. The topological polar surface area (TPSA) is 138 Å². The van der Waals surface area contributed by atoms with Crippen LogP contribution in [-0.2, 0) is 23.9 Å². The van der Waals surface area contributed by atoms with E-state index in [1.165, 1.54) is 19.3 Å². The highest BCUT2D eigenvalue weighted by Crippen LogP contribution is 2.48. The highest BCUT2D eigenvalue weighted by molar-refractivity contribution is 6.13. The van der Waals surface area contributed by atoms with Crippen molar-refractivity contribution in [2.45, 2.75) is 78.2 Å². The minimum absolute atomic E-state index is 0.130. The molecule has 1 rings (SSSR count). The molecule has 0 aromatic carbocycles. The van der Waals surface area contributed by atoms with Crippen molar-refractivity contribution in [3.05, 3.63) is 24.3 Å². The summed E-state index contributed by atoms with van der Waals surface area (Å²) in [6.45, 7) is 5.89. The number of methoxy groups -OCH3 is 1. The van der Waals surface area contributed by atoms with Crippen LogP contribution in [0.25, 0.3) is 0 Å². The van der Waals surface area contributed by atoms with E-state index in [9.17, 15) is 34.5 Å². The monoisotopic (exact) mass is 466 g/mol. The number of allylic oxidation sites excluding steroid dienone is 3. The Bertz CT molecular complexity index is 766. The Labute approximate surface area is 195 Å². The third-order valence-electron chi connectivity index (χ3n) is 6.65. The largest absolute Gasteiger partial charge is 0.481 e. The molecule has 0 radical (unpaired) electrons. The summed E-state index contributed by atoms with van der Waals surface area (Å²) in [5, 5.41) is 30.2. The van der Waals surface area contributed by atoms with Gasteiger partial charge in [0.2, 0.25) is 0 Å². The lowest BCUT2D eigenvalue weighted by atomic mass is 9.73. The van der Waals surface area contributed by atoms with Crippen LogP contribution in [0.5, 0.6) is 0 Å². The smallest absolute Gasteiger partial charge is 0.318 e. The minimum Gasteiger partial charge on any atom is -0.481 e. The predicted molar refractivity (Wildman–Crippen MR) is 122 cm³/mol. The summed E-state index contributed by atoms with van der Waals surface area (Å²) in [5.74, 6) is -6.15. The second kappa shape index (κ2) is 12.7. The third-order valence-corrected chi connectivity index (χ3v) is 6.65. The Hall–Kier alpha value is -2.48. The van der Waals surface area contributed by atoms with E-state index in [1.54, 1.807) is 12.2 Å². The van der Waals surface area contributed by atoms with Gasteiger partial charge in [-0.25, -0.2) is 0 Å². The number of carboxylic acids is 2. The van der Waals surface area contributed by atoms with Gasteiger partial charge in [0.1, 0.15) is 11.3 Å². The van der Waals surface area contributed by atoms with Crippen molar-refractivity contribution in [2.24, 2.45) is 22.7 Å². The number of hydrogen-bond donors (Lipinski definition) is 3. The summed E-state index contributed by atoms with van der Waals surface area (Å²) in [7, 11) is 1.30. The first-order chi connectivity index (χ1) is 15.4. The van der Waals surface area contributed by atoms with Gasteiger partial charge in [-0.2, -0.15) is 0 Å². The zero-order chi connectivity index (χ0) is 25.2. The number of Topliss-reactive ketones (excluding diaryl/α,β-unsaturated/α-hetero) is 1. The fraction of sp³-hybridized carbons (Fsp3) is 0.680. The number of aliphatic carboxylic acids is 2. The van der Waals surface area contributed by atoms with Gasteiger partial charge in [-0.3, -0.25) is 19.2 Å². The molecule has 0 saturated heterocycles. The van der Waals surface area contributed by atoms with E-state index in [1.807, 2.05) is 13.8 Å². The standard InChI is InChI=1S/C25H38O8/c1-5-6-14-24(2,3)19(26)13-12-17-16-18(22(29)30)21(28)25(17,23(31)32)15-10-8-7-9-11-20(27)33-4/h8,10,12-13,17-19,26H,5-7,9,11,14-16H2,1-4H3,(H,29,30)(H,31,32)/t17?,18-,19?,25-/m1/s1. The van der Waals surface area contributed by atoms with Crippen LogP contribution in [0.1, 0.15) is 72.1 Å². The molecule has 1 saturated carbocycles. The highest BCUT2D eigenvalue weighted by atomic mass is 16.5. The van der Waals surface area contributed by atoms with E-state index in [-0.39, 0.29) is 25.2 Å². The average Bonchev–Trinajstić information content (AvgIpc) is 3.05. The van der Waals surface area contributed by atoms with E-state index in [2.05, 4.69) is 11.7 Å². The molecule has 1 fully saturated rings. The van der Waals surface area contributed by atoms with Gasteiger partial charge in [-0.1, -0.05) is 57.9 Å². The number of aliphatic hydroxyl groups is 1. The maximum Gasteiger partial charge on any atom is 0.318 e. The maximum absolute atomic E-state index is 13.0. The van der Waals surface area contributed by atoms with Crippen molar-refractivity contribution < 1.29 is 39.2 Å². The minimum atomic E-state index is -1.91. The summed E-state index contributed by atoms with van der Waals surface area (Å²) in [4.78, 5) is 48.2. The number of aliphatic hydroxyl groups excluding tert-OH is 1. The van der Waals surface area contributed by atoms with Gasteiger partial charge in [0.15, 0.2) is 5.78 Å². The summed E-state index contributed by atoms with van der Waals surface area (Å²) >= 11 is 0. The van der Waals surface area contributed by atoms with Crippen LogP contribution in [0, 0.1) is 22.7 Å². The summed E-state index contributed by atoms with van der Waals surface area (Å²) in [6, 6.07) is 0. The Morgan fingerprint density at radius 2 is 1.88 bits per heavy atom. The highest BCUT2D eigenvalue weighted by Gasteiger charge is 2.60. The van der Waals surface area contributed by atoms with Gasteiger partial charge < -0.3 is 20.1 Å². The number of carboxylic acid groups (broad SMARTS) is 2. The Morgan fingerprint density at radius 3 is 2.42 bits per heavy atom. The first-order valence-corrected chi connectivity index (χ1v) is 11.5. The van der Waals surface area contributed by atoms with Gasteiger partial charge in [0.25, 0.3) is 0 Å². The van der Waals surface area contributed by atoms with E-state index >= 15 is 0 Å². The van der Waals surface area contributed by atoms with E-state index in [4.69, 9.17) is 0 Å². The Kier molecular flexibility index (Phi) is 11.0. The molecular weight excluding hydrogens is 428 g/mol. The van der Waals surface area contributed by atoms with Gasteiger partial charge in [-0.05, 0) is 37.5 Å². The molecule has 2 unspecified atom stereocenters. The molecule has 0 aliphatic heterocycles. The lowest BCUT2D eigenvalue weighted by Gasteiger charge is -2.30. The first-order valence-electron chi connectivity index (χ1n) is 11.5. The molecule has 0 heterocycles. The van der Waals surface area contributed by atoms with Gasteiger partial charge in [-0.15, -0.1) is 0 Å². The molecule has 4 atom stereocenters.